The molecule has 1 aliphatic carbocycles. The molecule has 1 aliphatic rings. The second-order valence-corrected chi connectivity index (χ2v) is 2.22. The zero-order valence-corrected chi connectivity index (χ0v) is 7.25. The Morgan fingerprint density at radius 3 is 2.70 bits per heavy atom. The summed E-state index contributed by atoms with van der Waals surface area (Å²) in [7, 11) is 1.75. The van der Waals surface area contributed by atoms with E-state index in [4.69, 9.17) is 11.6 Å². The van der Waals surface area contributed by atoms with Crippen LogP contribution in [0, 0.1) is 0 Å². The van der Waals surface area contributed by atoms with Crippen LogP contribution in [0.15, 0.2) is 28.3 Å². The van der Waals surface area contributed by atoms with E-state index in [9.17, 15) is 0 Å². The second-order valence-electron chi connectivity index (χ2n) is 1.82. The molecular formula is C7H9Cl2N. The Kier molecular flexibility index (Phi) is 4.41. The van der Waals surface area contributed by atoms with Gasteiger partial charge in [-0.2, -0.15) is 0 Å². The van der Waals surface area contributed by atoms with E-state index in [-0.39, 0.29) is 12.4 Å². The highest BCUT2D eigenvalue weighted by molar-refractivity contribution is 6.44. The molecule has 0 aliphatic heterocycles. The molecule has 10 heavy (non-hydrogen) atoms. The zero-order chi connectivity index (χ0) is 6.69. The monoisotopic (exact) mass is 177 g/mol. The molecule has 56 valence electrons. The van der Waals surface area contributed by atoms with Gasteiger partial charge in [0.1, 0.15) is 0 Å². The minimum absolute atomic E-state index is 0. The lowest BCUT2D eigenvalue weighted by Gasteiger charge is -2.02. The van der Waals surface area contributed by atoms with Gasteiger partial charge in [-0.25, -0.2) is 0 Å². The molecule has 0 unspecified atom stereocenters. The van der Waals surface area contributed by atoms with Crippen LogP contribution in [0.3, 0.4) is 0 Å². The maximum atomic E-state index is 5.76. The molecule has 0 heterocycles. The van der Waals surface area contributed by atoms with Gasteiger partial charge in [0.15, 0.2) is 0 Å². The number of hydrogen-bond donors (Lipinski definition) is 0. The molecule has 0 amide bonds. The summed E-state index contributed by atoms with van der Waals surface area (Å²) in [6, 6.07) is 0. The normalized spacial score (nSPS) is 20.2. The first kappa shape index (κ1) is 9.73. The van der Waals surface area contributed by atoms with E-state index in [1.165, 1.54) is 0 Å². The summed E-state index contributed by atoms with van der Waals surface area (Å²) in [6.45, 7) is 0. The number of halogens is 2. The van der Waals surface area contributed by atoms with Crippen molar-refractivity contribution in [2.45, 2.75) is 6.42 Å². The molecule has 0 aromatic rings. The molecule has 0 aromatic carbocycles. The summed E-state index contributed by atoms with van der Waals surface area (Å²) in [5, 5.41) is 0.764. The molecule has 0 aromatic heterocycles. The zero-order valence-electron chi connectivity index (χ0n) is 5.67. The predicted molar refractivity (Wildman–Crippen MR) is 48.3 cm³/mol. The van der Waals surface area contributed by atoms with Crippen LogP contribution in [0.4, 0.5) is 0 Å². The molecule has 0 saturated heterocycles. The molecule has 0 N–H and O–H groups in total. The number of nitrogens with zero attached hydrogens (tertiary/aromatic N) is 1. The first-order valence-corrected chi connectivity index (χ1v) is 3.20. The lowest BCUT2D eigenvalue weighted by atomic mass is 10.1. The van der Waals surface area contributed by atoms with Crippen molar-refractivity contribution in [2.75, 3.05) is 7.05 Å². The van der Waals surface area contributed by atoms with Crippen molar-refractivity contribution in [3.05, 3.63) is 23.3 Å². The molecule has 1 nitrogen and oxygen atoms in total. The van der Waals surface area contributed by atoms with Gasteiger partial charge in [-0.1, -0.05) is 23.8 Å². The molecule has 0 atom stereocenters. The van der Waals surface area contributed by atoms with Gasteiger partial charge in [-0.15, -0.1) is 12.4 Å². The molecular weight excluding hydrogens is 169 g/mol. The standard InChI is InChI=1S/C7H8ClN.ClH/c1-9-7-5-3-2-4-6(7)8;/h2-4H,5H2,1H3;1H. The van der Waals surface area contributed by atoms with Crippen LogP contribution in [-0.2, 0) is 0 Å². The van der Waals surface area contributed by atoms with Crippen molar-refractivity contribution >= 4 is 29.7 Å². The molecule has 0 spiro atoms. The highest BCUT2D eigenvalue weighted by Crippen LogP contribution is 2.12. The van der Waals surface area contributed by atoms with Crippen LogP contribution in [0.1, 0.15) is 6.42 Å². The van der Waals surface area contributed by atoms with Crippen molar-refractivity contribution in [3.8, 4) is 0 Å². The minimum atomic E-state index is 0. The molecule has 0 fully saturated rings. The molecule has 1 rings (SSSR count). The van der Waals surface area contributed by atoms with Gasteiger partial charge in [0.25, 0.3) is 0 Å². The van der Waals surface area contributed by atoms with Crippen molar-refractivity contribution < 1.29 is 0 Å². The summed E-state index contributed by atoms with van der Waals surface area (Å²) in [5.41, 5.74) is 0.971. The van der Waals surface area contributed by atoms with Gasteiger partial charge in [0.2, 0.25) is 0 Å². The summed E-state index contributed by atoms with van der Waals surface area (Å²) >= 11 is 5.76. The fourth-order valence-corrected chi connectivity index (χ4v) is 0.958. The first-order valence-electron chi connectivity index (χ1n) is 2.83. The van der Waals surface area contributed by atoms with Crippen LogP contribution in [-0.4, -0.2) is 12.8 Å². The van der Waals surface area contributed by atoms with E-state index >= 15 is 0 Å². The lowest BCUT2D eigenvalue weighted by molar-refractivity contribution is 1.34. The van der Waals surface area contributed by atoms with Gasteiger partial charge in [-0.3, -0.25) is 4.99 Å². The average molecular weight is 178 g/mol. The molecule has 3 heteroatoms. The van der Waals surface area contributed by atoms with Crippen LogP contribution in [0.2, 0.25) is 0 Å². The molecule has 0 saturated carbocycles. The first-order chi connectivity index (χ1) is 4.34. The predicted octanol–water partition coefficient (Wildman–Crippen LogP) is 2.56. The summed E-state index contributed by atoms with van der Waals surface area (Å²) in [6.07, 6.45) is 6.70. The third-order valence-corrected chi connectivity index (χ3v) is 1.58. The Morgan fingerprint density at radius 1 is 1.60 bits per heavy atom. The van der Waals surface area contributed by atoms with Crippen molar-refractivity contribution in [2.24, 2.45) is 4.99 Å². The maximum absolute atomic E-state index is 5.76. The Bertz CT molecular complexity index is 192. The van der Waals surface area contributed by atoms with Gasteiger partial charge < -0.3 is 0 Å². The topological polar surface area (TPSA) is 12.4 Å². The quantitative estimate of drug-likeness (QED) is 0.540. The Morgan fingerprint density at radius 2 is 2.30 bits per heavy atom. The van der Waals surface area contributed by atoms with Crippen LogP contribution >= 0.6 is 24.0 Å². The minimum Gasteiger partial charge on any atom is -0.291 e. The molecule has 0 radical (unpaired) electrons. The van der Waals surface area contributed by atoms with Crippen molar-refractivity contribution in [1.82, 2.24) is 0 Å². The van der Waals surface area contributed by atoms with E-state index in [1.807, 2.05) is 18.2 Å². The fraction of sp³-hybridized carbons (Fsp3) is 0.286. The number of allylic oxidation sites excluding steroid dienone is 4. The van der Waals surface area contributed by atoms with E-state index in [2.05, 4.69) is 4.99 Å². The Balaban J connectivity index is 0.000000810. The lowest BCUT2D eigenvalue weighted by Crippen LogP contribution is -1.98. The highest BCUT2D eigenvalue weighted by atomic mass is 35.5. The van der Waals surface area contributed by atoms with Gasteiger partial charge in [0, 0.05) is 13.5 Å². The highest BCUT2D eigenvalue weighted by Gasteiger charge is 2.02. The van der Waals surface area contributed by atoms with Crippen molar-refractivity contribution in [3.63, 3.8) is 0 Å². The van der Waals surface area contributed by atoms with E-state index < -0.39 is 0 Å². The Hall–Kier alpha value is -0.270. The van der Waals surface area contributed by atoms with Crippen LogP contribution in [0.5, 0.6) is 0 Å². The number of hydrogen-bond acceptors (Lipinski definition) is 1. The third kappa shape index (κ3) is 2.16. The summed E-state index contributed by atoms with van der Waals surface area (Å²) in [4.78, 5) is 3.99. The van der Waals surface area contributed by atoms with E-state index in [0.717, 1.165) is 17.2 Å². The van der Waals surface area contributed by atoms with Crippen LogP contribution in [0.25, 0.3) is 0 Å². The Labute approximate surface area is 71.9 Å². The SMILES string of the molecule is CN=C1CC=CC=C1Cl.Cl. The summed E-state index contributed by atoms with van der Waals surface area (Å²) < 4.78 is 0. The number of rotatable bonds is 0. The fourth-order valence-electron chi connectivity index (χ4n) is 0.724. The smallest absolute Gasteiger partial charge is 0.0619 e. The third-order valence-electron chi connectivity index (χ3n) is 1.24. The van der Waals surface area contributed by atoms with Crippen molar-refractivity contribution in [1.29, 1.82) is 0 Å². The van der Waals surface area contributed by atoms with Gasteiger partial charge in [-0.05, 0) is 6.08 Å². The van der Waals surface area contributed by atoms with Gasteiger partial charge >= 0.3 is 0 Å². The van der Waals surface area contributed by atoms with E-state index in [0.29, 0.717) is 0 Å². The van der Waals surface area contributed by atoms with Crippen LogP contribution < -0.4 is 0 Å². The maximum Gasteiger partial charge on any atom is 0.0619 e. The van der Waals surface area contributed by atoms with E-state index in [1.54, 1.807) is 7.05 Å². The second kappa shape index (κ2) is 4.53. The molecule has 0 bridgehead atoms. The summed E-state index contributed by atoms with van der Waals surface area (Å²) in [5.74, 6) is 0. The largest absolute Gasteiger partial charge is 0.291 e. The number of aliphatic imine (C=N–C) groups is 1. The average Bonchev–Trinajstić information content (AvgIpc) is 1.89. The van der Waals surface area contributed by atoms with Gasteiger partial charge in [0.05, 0.1) is 10.7 Å².